The summed E-state index contributed by atoms with van der Waals surface area (Å²) in [6.45, 7) is 1.65. The van der Waals surface area contributed by atoms with E-state index in [1.54, 1.807) is 32.4 Å². The van der Waals surface area contributed by atoms with Crippen molar-refractivity contribution in [3.05, 3.63) is 42.0 Å². The maximum absolute atomic E-state index is 12.8. The Kier molecular flexibility index (Phi) is 5.89. The van der Waals surface area contributed by atoms with Crippen molar-refractivity contribution >= 4 is 23.5 Å². The minimum absolute atomic E-state index is 0.118. The van der Waals surface area contributed by atoms with E-state index in [1.165, 1.54) is 5.56 Å². The van der Waals surface area contributed by atoms with E-state index in [-0.39, 0.29) is 12.8 Å². The lowest BCUT2D eigenvalue weighted by molar-refractivity contribution is 0.174. The number of nitrogens with one attached hydrogen (secondary N) is 1. The number of urea groups is 1. The van der Waals surface area contributed by atoms with Gasteiger partial charge in [0.25, 0.3) is 0 Å². The molecule has 8 heteroatoms. The van der Waals surface area contributed by atoms with Crippen LogP contribution in [0.5, 0.6) is 23.0 Å². The van der Waals surface area contributed by atoms with Crippen LogP contribution in [0.25, 0.3) is 0 Å². The molecule has 1 unspecified atom stereocenters. The molecule has 2 aliphatic rings. The summed E-state index contributed by atoms with van der Waals surface area (Å²) in [5.41, 5.74) is 1.86. The van der Waals surface area contributed by atoms with Crippen LogP contribution in [0.2, 0.25) is 0 Å². The average molecular weight is 416 g/mol. The number of benzene rings is 2. The Hall–Kier alpha value is -2.74. The highest BCUT2D eigenvalue weighted by atomic mass is 32.2. The quantitative estimate of drug-likeness (QED) is 0.808. The Bertz CT molecular complexity index is 869. The number of fused-ring (bicyclic) bond motifs is 1. The number of carbonyl (C=O) groups excluding carboxylic acids is 1. The zero-order chi connectivity index (χ0) is 20.2. The summed E-state index contributed by atoms with van der Waals surface area (Å²) in [5, 5.41) is 3.28. The molecule has 1 saturated heterocycles. The van der Waals surface area contributed by atoms with Gasteiger partial charge < -0.3 is 29.2 Å². The summed E-state index contributed by atoms with van der Waals surface area (Å²) in [5.74, 6) is 3.73. The molecule has 0 radical (unpaired) electrons. The van der Waals surface area contributed by atoms with Gasteiger partial charge in [0, 0.05) is 48.0 Å². The van der Waals surface area contributed by atoms with Gasteiger partial charge in [0.2, 0.25) is 6.79 Å². The summed E-state index contributed by atoms with van der Waals surface area (Å²) < 4.78 is 21.4. The van der Waals surface area contributed by atoms with Crippen molar-refractivity contribution in [1.29, 1.82) is 0 Å². The summed E-state index contributed by atoms with van der Waals surface area (Å²) in [6, 6.07) is 11.3. The molecule has 2 aliphatic heterocycles. The largest absolute Gasteiger partial charge is 0.497 e. The number of amides is 2. The summed E-state index contributed by atoms with van der Waals surface area (Å²) in [4.78, 5) is 14.7. The fourth-order valence-corrected chi connectivity index (χ4v) is 4.66. The molecule has 1 fully saturated rings. The number of hydrogen-bond donors (Lipinski definition) is 1. The van der Waals surface area contributed by atoms with Crippen LogP contribution in [-0.4, -0.2) is 50.8 Å². The lowest BCUT2D eigenvalue weighted by atomic mass is 10.1. The first-order chi connectivity index (χ1) is 14.2. The van der Waals surface area contributed by atoms with Crippen molar-refractivity contribution in [2.75, 3.05) is 45.2 Å². The molecule has 2 aromatic carbocycles. The van der Waals surface area contributed by atoms with E-state index in [0.29, 0.717) is 35.5 Å². The van der Waals surface area contributed by atoms with Gasteiger partial charge in [-0.25, -0.2) is 4.79 Å². The van der Waals surface area contributed by atoms with E-state index in [4.69, 9.17) is 18.9 Å². The van der Waals surface area contributed by atoms with Crippen LogP contribution >= 0.6 is 11.8 Å². The maximum atomic E-state index is 12.8. The Morgan fingerprint density at radius 2 is 1.83 bits per heavy atom. The first-order valence-corrected chi connectivity index (χ1v) is 10.5. The van der Waals surface area contributed by atoms with Gasteiger partial charge in [-0.3, -0.25) is 0 Å². The van der Waals surface area contributed by atoms with Crippen LogP contribution in [0, 0.1) is 0 Å². The standard InChI is InChI=1S/C21H24N2O5S/c1-25-16-10-15(11-17(12-16)26-2)22-21(24)23-6-5-20(29-8-7-23)14-3-4-18-19(9-14)28-13-27-18/h3-4,9-12,20H,5-8,13H2,1-2H3,(H,22,24). The summed E-state index contributed by atoms with van der Waals surface area (Å²) in [7, 11) is 3.17. The van der Waals surface area contributed by atoms with Crippen LogP contribution in [0.15, 0.2) is 36.4 Å². The second kappa shape index (κ2) is 8.73. The zero-order valence-electron chi connectivity index (χ0n) is 16.5. The van der Waals surface area contributed by atoms with Gasteiger partial charge in [0.15, 0.2) is 11.5 Å². The maximum Gasteiger partial charge on any atom is 0.321 e. The van der Waals surface area contributed by atoms with Gasteiger partial charge in [-0.1, -0.05) is 6.07 Å². The fraction of sp³-hybridized carbons (Fsp3) is 0.381. The molecule has 7 nitrogen and oxygen atoms in total. The van der Waals surface area contributed by atoms with Gasteiger partial charge in [0.05, 0.1) is 14.2 Å². The third kappa shape index (κ3) is 4.48. The second-order valence-corrected chi connectivity index (χ2v) is 8.09. The van der Waals surface area contributed by atoms with Crippen LogP contribution in [-0.2, 0) is 0 Å². The Morgan fingerprint density at radius 1 is 1.07 bits per heavy atom. The molecule has 4 rings (SSSR count). The van der Waals surface area contributed by atoms with Crippen molar-refractivity contribution in [3.63, 3.8) is 0 Å². The lowest BCUT2D eigenvalue weighted by Gasteiger charge is -2.21. The molecule has 154 valence electrons. The van der Waals surface area contributed by atoms with E-state index in [2.05, 4.69) is 17.4 Å². The molecule has 1 N–H and O–H groups in total. The molecule has 2 aromatic rings. The monoisotopic (exact) mass is 416 g/mol. The molecule has 0 saturated carbocycles. The molecule has 0 spiro atoms. The van der Waals surface area contributed by atoms with Crippen LogP contribution < -0.4 is 24.3 Å². The molecule has 2 amide bonds. The minimum atomic E-state index is -0.118. The first-order valence-electron chi connectivity index (χ1n) is 9.46. The predicted octanol–water partition coefficient (Wildman–Crippen LogP) is 4.14. The molecular formula is C21H24N2O5S. The lowest BCUT2D eigenvalue weighted by Crippen LogP contribution is -2.36. The highest BCUT2D eigenvalue weighted by Crippen LogP contribution is 2.40. The Morgan fingerprint density at radius 3 is 2.59 bits per heavy atom. The van der Waals surface area contributed by atoms with Crippen LogP contribution in [0.4, 0.5) is 10.5 Å². The van der Waals surface area contributed by atoms with Gasteiger partial charge >= 0.3 is 6.03 Å². The second-order valence-electron chi connectivity index (χ2n) is 6.78. The molecule has 2 heterocycles. The van der Waals surface area contributed by atoms with E-state index < -0.39 is 0 Å². The highest BCUT2D eigenvalue weighted by Gasteiger charge is 2.24. The number of methoxy groups -OCH3 is 2. The van der Waals surface area contributed by atoms with E-state index >= 15 is 0 Å². The smallest absolute Gasteiger partial charge is 0.321 e. The van der Waals surface area contributed by atoms with Crippen molar-refractivity contribution in [2.24, 2.45) is 0 Å². The number of thioether (sulfide) groups is 1. The number of hydrogen-bond acceptors (Lipinski definition) is 6. The number of nitrogens with zero attached hydrogens (tertiary/aromatic N) is 1. The van der Waals surface area contributed by atoms with Crippen LogP contribution in [0.3, 0.4) is 0 Å². The van der Waals surface area contributed by atoms with E-state index in [1.807, 2.05) is 22.7 Å². The number of anilines is 1. The van der Waals surface area contributed by atoms with Crippen LogP contribution in [0.1, 0.15) is 17.2 Å². The van der Waals surface area contributed by atoms with Crippen molar-refractivity contribution in [2.45, 2.75) is 11.7 Å². The predicted molar refractivity (Wildman–Crippen MR) is 113 cm³/mol. The van der Waals surface area contributed by atoms with E-state index in [9.17, 15) is 4.79 Å². The normalized spacial score (nSPS) is 18.1. The number of rotatable bonds is 4. The molecule has 0 bridgehead atoms. The van der Waals surface area contributed by atoms with Gasteiger partial charge in [0.1, 0.15) is 11.5 Å². The summed E-state index contributed by atoms with van der Waals surface area (Å²) >= 11 is 1.86. The highest BCUT2D eigenvalue weighted by molar-refractivity contribution is 7.99. The average Bonchev–Trinajstić information content (AvgIpc) is 3.07. The molecule has 1 atom stereocenters. The third-order valence-electron chi connectivity index (χ3n) is 5.00. The van der Waals surface area contributed by atoms with E-state index in [0.717, 1.165) is 23.7 Å². The first kappa shape index (κ1) is 19.6. The third-order valence-corrected chi connectivity index (χ3v) is 6.33. The SMILES string of the molecule is COc1cc(NC(=O)N2CCSC(c3ccc4c(c3)OCO4)CC2)cc(OC)c1. The fourth-order valence-electron chi connectivity index (χ4n) is 3.43. The minimum Gasteiger partial charge on any atom is -0.497 e. The van der Waals surface area contributed by atoms with Crippen molar-refractivity contribution in [3.8, 4) is 23.0 Å². The molecular weight excluding hydrogens is 392 g/mol. The number of carbonyl (C=O) groups is 1. The van der Waals surface area contributed by atoms with Gasteiger partial charge in [-0.05, 0) is 24.1 Å². The molecule has 29 heavy (non-hydrogen) atoms. The van der Waals surface area contributed by atoms with Gasteiger partial charge in [-0.2, -0.15) is 11.8 Å². The Balaban J connectivity index is 1.40. The van der Waals surface area contributed by atoms with Gasteiger partial charge in [-0.15, -0.1) is 0 Å². The topological polar surface area (TPSA) is 69.3 Å². The zero-order valence-corrected chi connectivity index (χ0v) is 17.3. The van der Waals surface area contributed by atoms with Crippen molar-refractivity contribution in [1.82, 2.24) is 4.90 Å². The summed E-state index contributed by atoms with van der Waals surface area (Å²) in [6.07, 6.45) is 0.874. The molecule has 0 aliphatic carbocycles. The Labute approximate surface area is 174 Å². The molecule has 0 aromatic heterocycles. The number of ether oxygens (including phenoxy) is 4. The van der Waals surface area contributed by atoms with Crippen molar-refractivity contribution < 1.29 is 23.7 Å².